The van der Waals surface area contributed by atoms with E-state index in [9.17, 15) is 0 Å². The number of hydrogen-bond acceptors (Lipinski definition) is 3. The third-order valence-corrected chi connectivity index (χ3v) is 0.332. The van der Waals surface area contributed by atoms with Gasteiger partial charge in [0.25, 0.3) is 0 Å². The van der Waals surface area contributed by atoms with Crippen molar-refractivity contribution in [1.82, 2.24) is 0 Å². The molecule has 3 heteroatoms. The second-order valence-electron chi connectivity index (χ2n) is 0.866. The van der Waals surface area contributed by atoms with Crippen LogP contribution in [0.15, 0.2) is 23.0 Å². The van der Waals surface area contributed by atoms with Gasteiger partial charge in [-0.15, -0.1) is 0 Å². The van der Waals surface area contributed by atoms with Gasteiger partial charge in [-0.2, -0.15) is 5.11 Å². The van der Waals surface area contributed by atoms with Gasteiger partial charge in [-0.3, -0.25) is 0 Å². The van der Waals surface area contributed by atoms with E-state index < -0.39 is 0 Å². The number of nitrogens with zero attached hydrogens (tertiary/aromatic N) is 2. The lowest BCUT2D eigenvalue weighted by Crippen LogP contribution is -1.76. The van der Waals surface area contributed by atoms with Crippen molar-refractivity contribution in [3.8, 4) is 0 Å². The van der Waals surface area contributed by atoms with Crippen LogP contribution in [0, 0.1) is 0 Å². The molecular weight excluding hydrogens is 92.1 g/mol. The van der Waals surface area contributed by atoms with E-state index in [0.717, 1.165) is 0 Å². The summed E-state index contributed by atoms with van der Waals surface area (Å²) in [4.78, 5) is 4.47. The molecule has 0 aromatic rings. The fourth-order valence-electron chi connectivity index (χ4n) is 0.144. The predicted octanol–water partition coefficient (Wildman–Crippen LogP) is 1.19. The van der Waals surface area contributed by atoms with Crippen LogP contribution in [0.2, 0.25) is 0 Å². The highest BCUT2D eigenvalue weighted by Gasteiger charge is 1.66. The van der Waals surface area contributed by atoms with E-state index in [0.29, 0.717) is 6.61 Å². The van der Waals surface area contributed by atoms with Crippen molar-refractivity contribution in [3.63, 3.8) is 0 Å². The molecule has 0 unspecified atom stereocenters. The second-order valence-corrected chi connectivity index (χ2v) is 0.866. The molecule has 0 amide bonds. The molecule has 0 radical (unpaired) electrons. The molecule has 0 aliphatic rings. The largest absolute Gasteiger partial charge is 0.375 e. The minimum absolute atomic E-state index is 0.428. The molecule has 7 heavy (non-hydrogen) atoms. The number of rotatable bonds is 3. The standard InChI is InChI=1S/C4H8N2O/c1-3-4-7-6-5-2/h3H,1,4H2,2H3/b6-5+. The quantitative estimate of drug-likeness (QED) is 0.227. The van der Waals surface area contributed by atoms with Crippen molar-refractivity contribution < 1.29 is 4.84 Å². The Labute approximate surface area is 42.7 Å². The minimum Gasteiger partial charge on any atom is -0.375 e. The third kappa shape index (κ3) is 5.14. The molecule has 0 aromatic carbocycles. The molecule has 0 atom stereocenters. The van der Waals surface area contributed by atoms with Crippen molar-refractivity contribution in [3.05, 3.63) is 12.7 Å². The van der Waals surface area contributed by atoms with E-state index in [1.54, 1.807) is 13.1 Å². The molecule has 0 fully saturated rings. The van der Waals surface area contributed by atoms with Crippen LogP contribution in [0.25, 0.3) is 0 Å². The minimum atomic E-state index is 0.428. The first-order valence-corrected chi connectivity index (χ1v) is 1.93. The summed E-state index contributed by atoms with van der Waals surface area (Å²) in [5.41, 5.74) is 0. The third-order valence-electron chi connectivity index (χ3n) is 0.332. The van der Waals surface area contributed by atoms with Gasteiger partial charge in [-0.1, -0.05) is 12.7 Å². The zero-order chi connectivity index (χ0) is 5.54. The summed E-state index contributed by atoms with van der Waals surface area (Å²) in [6.45, 7) is 3.83. The van der Waals surface area contributed by atoms with E-state index in [1.807, 2.05) is 0 Å². The molecule has 0 aromatic heterocycles. The lowest BCUT2D eigenvalue weighted by Gasteiger charge is -1.84. The van der Waals surface area contributed by atoms with Gasteiger partial charge < -0.3 is 4.84 Å². The Bertz CT molecular complexity index is 70.1. The van der Waals surface area contributed by atoms with E-state index in [4.69, 9.17) is 0 Å². The predicted molar refractivity (Wildman–Crippen MR) is 26.9 cm³/mol. The van der Waals surface area contributed by atoms with Crippen molar-refractivity contribution in [2.75, 3.05) is 13.7 Å². The van der Waals surface area contributed by atoms with Gasteiger partial charge >= 0.3 is 0 Å². The summed E-state index contributed by atoms with van der Waals surface area (Å²) in [6.07, 6.45) is 1.61. The van der Waals surface area contributed by atoms with Crippen LogP contribution in [0.1, 0.15) is 0 Å². The zero-order valence-corrected chi connectivity index (χ0v) is 4.29. The van der Waals surface area contributed by atoms with Gasteiger partial charge in [-0.05, 0) is 0 Å². The molecular formula is C4H8N2O. The van der Waals surface area contributed by atoms with Crippen molar-refractivity contribution in [2.24, 2.45) is 10.4 Å². The highest BCUT2D eigenvalue weighted by Crippen LogP contribution is 1.74. The topological polar surface area (TPSA) is 34.0 Å². The fraction of sp³-hybridized carbons (Fsp3) is 0.500. The SMILES string of the molecule is C=CCO/N=N/C. The molecule has 0 saturated heterocycles. The lowest BCUT2D eigenvalue weighted by atomic mass is 10.7. The first-order chi connectivity index (χ1) is 3.41. The van der Waals surface area contributed by atoms with E-state index in [2.05, 4.69) is 21.8 Å². The summed E-state index contributed by atoms with van der Waals surface area (Å²) in [6, 6.07) is 0. The summed E-state index contributed by atoms with van der Waals surface area (Å²) in [5, 5.41) is 6.54. The Kier molecular flexibility index (Phi) is 4.51. The van der Waals surface area contributed by atoms with Crippen LogP contribution in [-0.2, 0) is 4.84 Å². The van der Waals surface area contributed by atoms with Crippen LogP contribution in [0.3, 0.4) is 0 Å². The van der Waals surface area contributed by atoms with Gasteiger partial charge in [0.05, 0.1) is 7.05 Å². The average molecular weight is 100 g/mol. The molecule has 0 rings (SSSR count). The van der Waals surface area contributed by atoms with Gasteiger partial charge in [0.1, 0.15) is 6.61 Å². The Balaban J connectivity index is 2.82. The van der Waals surface area contributed by atoms with Crippen LogP contribution >= 0.6 is 0 Å². The molecule has 3 nitrogen and oxygen atoms in total. The van der Waals surface area contributed by atoms with Crippen molar-refractivity contribution >= 4 is 0 Å². The second kappa shape index (κ2) is 5.14. The highest BCUT2D eigenvalue weighted by molar-refractivity contribution is 4.62. The molecule has 0 aliphatic heterocycles. The monoisotopic (exact) mass is 100 g/mol. The molecule has 0 N–H and O–H groups in total. The molecule has 0 spiro atoms. The number of hydrogen-bond donors (Lipinski definition) is 0. The summed E-state index contributed by atoms with van der Waals surface area (Å²) < 4.78 is 0. The van der Waals surface area contributed by atoms with Crippen LogP contribution in [0.4, 0.5) is 0 Å². The van der Waals surface area contributed by atoms with Crippen LogP contribution in [-0.4, -0.2) is 13.7 Å². The van der Waals surface area contributed by atoms with Gasteiger partial charge in [0, 0.05) is 5.28 Å². The van der Waals surface area contributed by atoms with Crippen LogP contribution in [0.5, 0.6) is 0 Å². The maximum atomic E-state index is 4.47. The Hall–Kier alpha value is -0.860. The normalized spacial score (nSPS) is 9.29. The van der Waals surface area contributed by atoms with Gasteiger partial charge in [0.15, 0.2) is 0 Å². The van der Waals surface area contributed by atoms with Gasteiger partial charge in [0.2, 0.25) is 0 Å². The van der Waals surface area contributed by atoms with E-state index >= 15 is 0 Å². The van der Waals surface area contributed by atoms with E-state index in [-0.39, 0.29) is 0 Å². The molecule has 40 valence electrons. The fourth-order valence-corrected chi connectivity index (χ4v) is 0.144. The van der Waals surface area contributed by atoms with Crippen molar-refractivity contribution in [1.29, 1.82) is 0 Å². The van der Waals surface area contributed by atoms with Gasteiger partial charge in [-0.25, -0.2) is 0 Å². The Morgan fingerprint density at radius 2 is 2.57 bits per heavy atom. The average Bonchev–Trinajstić information content (AvgIpc) is 1.69. The Morgan fingerprint density at radius 1 is 1.86 bits per heavy atom. The molecule has 0 bridgehead atoms. The summed E-state index contributed by atoms with van der Waals surface area (Å²) >= 11 is 0. The molecule has 0 saturated carbocycles. The summed E-state index contributed by atoms with van der Waals surface area (Å²) in [7, 11) is 1.54. The first-order valence-electron chi connectivity index (χ1n) is 1.93. The maximum absolute atomic E-state index is 4.47. The lowest BCUT2D eigenvalue weighted by molar-refractivity contribution is 0.152. The highest BCUT2D eigenvalue weighted by atomic mass is 16.6. The summed E-state index contributed by atoms with van der Waals surface area (Å²) in [5.74, 6) is 0. The molecule has 0 aliphatic carbocycles. The first kappa shape index (κ1) is 6.14. The smallest absolute Gasteiger partial charge is 0.136 e. The zero-order valence-electron chi connectivity index (χ0n) is 4.29. The molecule has 0 heterocycles. The van der Waals surface area contributed by atoms with Crippen molar-refractivity contribution in [2.45, 2.75) is 0 Å². The van der Waals surface area contributed by atoms with E-state index in [1.165, 1.54) is 0 Å². The Morgan fingerprint density at radius 3 is 3.00 bits per heavy atom. The van der Waals surface area contributed by atoms with Crippen LogP contribution < -0.4 is 0 Å². The maximum Gasteiger partial charge on any atom is 0.136 e.